The number of hydrogen-bond donors (Lipinski definition) is 1. The molecule has 0 saturated heterocycles. The minimum atomic E-state index is -4.58. The average molecular weight is 319 g/mol. The molecule has 1 N–H and O–H groups in total. The molecule has 0 unspecified atom stereocenters. The van der Waals surface area contributed by atoms with Crippen LogP contribution in [0.2, 0.25) is 5.02 Å². The highest BCUT2D eigenvalue weighted by Crippen LogP contribution is 2.36. The molecule has 21 heavy (non-hydrogen) atoms. The van der Waals surface area contributed by atoms with Gasteiger partial charge in [-0.1, -0.05) is 11.6 Å². The van der Waals surface area contributed by atoms with Crippen LogP contribution in [-0.2, 0) is 17.4 Å². The number of benzene rings is 1. The molecule has 0 aliphatic carbocycles. The number of anilines is 1. The van der Waals surface area contributed by atoms with Crippen LogP contribution in [-0.4, -0.2) is 10.9 Å². The number of nitrogens with one attached hydrogen (secondary N) is 1. The number of rotatable bonds is 3. The summed E-state index contributed by atoms with van der Waals surface area (Å²) in [5, 5.41) is 1.94. The van der Waals surface area contributed by atoms with E-state index in [1.165, 1.54) is 12.5 Å². The van der Waals surface area contributed by atoms with E-state index in [4.69, 9.17) is 16.0 Å². The second kappa shape index (κ2) is 5.77. The van der Waals surface area contributed by atoms with Crippen molar-refractivity contribution in [3.8, 4) is 0 Å². The van der Waals surface area contributed by atoms with Crippen molar-refractivity contribution in [1.29, 1.82) is 0 Å². The summed E-state index contributed by atoms with van der Waals surface area (Å²) in [5.41, 5.74) is -0.441. The van der Waals surface area contributed by atoms with Crippen molar-refractivity contribution < 1.29 is 22.4 Å². The largest absolute Gasteiger partial charge is 0.448 e. The molecular formula is C13H10ClF3N2O2. The maximum atomic E-state index is 12.7. The lowest BCUT2D eigenvalue weighted by molar-refractivity contribution is -0.137. The van der Waals surface area contributed by atoms with E-state index < -0.39 is 22.7 Å². The Morgan fingerprint density at radius 1 is 1.43 bits per heavy atom. The van der Waals surface area contributed by atoms with Gasteiger partial charge in [0.2, 0.25) is 5.91 Å². The molecule has 1 aromatic carbocycles. The summed E-state index contributed by atoms with van der Waals surface area (Å²) in [6.07, 6.45) is -3.50. The Kier molecular flexibility index (Phi) is 4.22. The number of nitrogens with zero attached hydrogens (tertiary/aromatic N) is 1. The van der Waals surface area contributed by atoms with Gasteiger partial charge >= 0.3 is 6.18 Å². The van der Waals surface area contributed by atoms with E-state index in [0.717, 1.165) is 12.1 Å². The van der Waals surface area contributed by atoms with E-state index in [1.54, 1.807) is 6.92 Å². The first-order chi connectivity index (χ1) is 9.77. The van der Waals surface area contributed by atoms with Crippen LogP contribution in [0.5, 0.6) is 0 Å². The minimum Gasteiger partial charge on any atom is -0.448 e. The zero-order valence-corrected chi connectivity index (χ0v) is 11.5. The first-order valence-corrected chi connectivity index (χ1v) is 6.20. The van der Waals surface area contributed by atoms with Gasteiger partial charge in [0.15, 0.2) is 6.39 Å². The third-order valence-electron chi connectivity index (χ3n) is 2.72. The van der Waals surface area contributed by atoms with E-state index in [2.05, 4.69) is 10.3 Å². The summed E-state index contributed by atoms with van der Waals surface area (Å²) in [7, 11) is 0. The van der Waals surface area contributed by atoms with Crippen molar-refractivity contribution in [3.05, 3.63) is 46.6 Å². The van der Waals surface area contributed by atoms with Crippen LogP contribution in [0.1, 0.15) is 17.0 Å². The van der Waals surface area contributed by atoms with Gasteiger partial charge in [-0.05, 0) is 25.1 Å². The fraction of sp³-hybridized carbons (Fsp3) is 0.231. The van der Waals surface area contributed by atoms with Gasteiger partial charge in [-0.15, -0.1) is 0 Å². The molecule has 1 heterocycles. The summed E-state index contributed by atoms with van der Waals surface area (Å²) in [6, 6.07) is 3.16. The van der Waals surface area contributed by atoms with Gasteiger partial charge in [0.05, 0.1) is 22.7 Å². The number of oxazole rings is 1. The number of carbonyl (C=O) groups is 1. The molecule has 0 aliphatic heterocycles. The number of alkyl halides is 3. The second-order valence-corrected chi connectivity index (χ2v) is 4.69. The van der Waals surface area contributed by atoms with E-state index in [0.29, 0.717) is 11.5 Å². The summed E-state index contributed by atoms with van der Waals surface area (Å²) >= 11 is 5.50. The van der Waals surface area contributed by atoms with Crippen molar-refractivity contribution in [2.75, 3.05) is 5.32 Å². The number of aryl methyl sites for hydroxylation is 1. The Bertz CT molecular complexity index is 668. The number of hydrogen-bond acceptors (Lipinski definition) is 3. The lowest BCUT2D eigenvalue weighted by Gasteiger charge is -2.11. The fourth-order valence-corrected chi connectivity index (χ4v) is 1.89. The van der Waals surface area contributed by atoms with Gasteiger partial charge in [-0.3, -0.25) is 4.79 Å². The van der Waals surface area contributed by atoms with Crippen LogP contribution < -0.4 is 5.32 Å². The van der Waals surface area contributed by atoms with Crippen molar-refractivity contribution in [2.45, 2.75) is 19.5 Å². The predicted molar refractivity (Wildman–Crippen MR) is 70.0 cm³/mol. The number of amides is 1. The number of carbonyl (C=O) groups excluding carboxylic acids is 1. The van der Waals surface area contributed by atoms with Crippen LogP contribution in [0.4, 0.5) is 18.9 Å². The first kappa shape index (κ1) is 15.4. The molecular weight excluding hydrogens is 309 g/mol. The van der Waals surface area contributed by atoms with E-state index in [9.17, 15) is 18.0 Å². The molecule has 0 atom stereocenters. The monoisotopic (exact) mass is 318 g/mol. The van der Waals surface area contributed by atoms with Crippen LogP contribution in [0, 0.1) is 6.92 Å². The SMILES string of the molecule is Cc1ncoc1CC(=O)Nc1ccc(Cl)c(C(F)(F)F)c1. The molecule has 1 amide bonds. The van der Waals surface area contributed by atoms with Gasteiger partial charge in [-0.2, -0.15) is 13.2 Å². The van der Waals surface area contributed by atoms with Crippen LogP contribution in [0.25, 0.3) is 0 Å². The summed E-state index contributed by atoms with van der Waals surface area (Å²) < 4.78 is 43.1. The molecule has 0 radical (unpaired) electrons. The Labute approximate surface area is 122 Å². The van der Waals surface area contributed by atoms with Gasteiger partial charge in [0, 0.05) is 5.69 Å². The quantitative estimate of drug-likeness (QED) is 0.935. The highest BCUT2D eigenvalue weighted by molar-refractivity contribution is 6.31. The lowest BCUT2D eigenvalue weighted by Crippen LogP contribution is -2.15. The normalized spacial score (nSPS) is 11.5. The average Bonchev–Trinajstić information content (AvgIpc) is 2.76. The maximum Gasteiger partial charge on any atom is 0.417 e. The van der Waals surface area contributed by atoms with Gasteiger partial charge in [0.25, 0.3) is 0 Å². The fourth-order valence-electron chi connectivity index (χ4n) is 1.67. The van der Waals surface area contributed by atoms with E-state index in [1.807, 2.05) is 0 Å². The summed E-state index contributed by atoms with van der Waals surface area (Å²) in [6.45, 7) is 1.66. The van der Waals surface area contributed by atoms with E-state index >= 15 is 0 Å². The molecule has 1 aromatic heterocycles. The topological polar surface area (TPSA) is 55.1 Å². The molecule has 0 spiro atoms. The molecule has 2 aromatic rings. The highest BCUT2D eigenvalue weighted by atomic mass is 35.5. The number of aromatic nitrogens is 1. The van der Waals surface area contributed by atoms with E-state index in [-0.39, 0.29) is 12.1 Å². The molecule has 0 bridgehead atoms. The standard InChI is InChI=1S/C13H10ClF3N2O2/c1-7-11(21-6-18-7)5-12(20)19-8-2-3-10(14)9(4-8)13(15,16)17/h2-4,6H,5H2,1H3,(H,19,20). The molecule has 0 fully saturated rings. The lowest BCUT2D eigenvalue weighted by atomic mass is 10.2. The van der Waals surface area contributed by atoms with Crippen molar-refractivity contribution in [3.63, 3.8) is 0 Å². The summed E-state index contributed by atoms with van der Waals surface area (Å²) in [4.78, 5) is 15.6. The van der Waals surface area contributed by atoms with Crippen LogP contribution in [0.15, 0.2) is 29.0 Å². The smallest absolute Gasteiger partial charge is 0.417 e. The van der Waals surface area contributed by atoms with Crippen molar-refractivity contribution in [1.82, 2.24) is 4.98 Å². The van der Waals surface area contributed by atoms with Crippen LogP contribution in [0.3, 0.4) is 0 Å². The minimum absolute atomic E-state index is 0.00823. The Morgan fingerprint density at radius 2 is 2.14 bits per heavy atom. The third-order valence-corrected chi connectivity index (χ3v) is 3.05. The molecule has 0 aliphatic rings. The first-order valence-electron chi connectivity index (χ1n) is 5.83. The molecule has 2 rings (SSSR count). The highest BCUT2D eigenvalue weighted by Gasteiger charge is 2.33. The van der Waals surface area contributed by atoms with Gasteiger partial charge < -0.3 is 9.73 Å². The summed E-state index contributed by atoms with van der Waals surface area (Å²) in [5.74, 6) is -0.150. The number of halogens is 4. The third kappa shape index (κ3) is 3.75. The zero-order chi connectivity index (χ0) is 15.6. The van der Waals surface area contributed by atoms with Gasteiger partial charge in [0.1, 0.15) is 5.76 Å². The molecule has 0 saturated carbocycles. The molecule has 4 nitrogen and oxygen atoms in total. The maximum absolute atomic E-state index is 12.7. The second-order valence-electron chi connectivity index (χ2n) is 4.28. The van der Waals surface area contributed by atoms with Crippen LogP contribution >= 0.6 is 11.6 Å². The van der Waals surface area contributed by atoms with Crippen molar-refractivity contribution in [2.24, 2.45) is 0 Å². The Hall–Kier alpha value is -2.02. The Morgan fingerprint density at radius 3 is 2.71 bits per heavy atom. The van der Waals surface area contributed by atoms with Crippen molar-refractivity contribution >= 4 is 23.2 Å². The molecule has 8 heteroatoms. The predicted octanol–water partition coefficient (Wildman–Crippen LogP) is 3.84. The van der Waals surface area contributed by atoms with Gasteiger partial charge in [-0.25, -0.2) is 4.98 Å². The molecule has 112 valence electrons. The Balaban J connectivity index is 2.13. The zero-order valence-electron chi connectivity index (χ0n) is 10.8.